The van der Waals surface area contributed by atoms with E-state index >= 15 is 0 Å². The summed E-state index contributed by atoms with van der Waals surface area (Å²) in [5, 5.41) is 10.1. The number of allylic oxidation sites excluding steroid dienone is 1. The summed E-state index contributed by atoms with van der Waals surface area (Å²) < 4.78 is 32.6. The Morgan fingerprint density at radius 3 is 2.37 bits per heavy atom. The van der Waals surface area contributed by atoms with E-state index in [1.165, 1.54) is 5.56 Å². The lowest BCUT2D eigenvalue weighted by atomic mass is 9.80. The zero-order valence-corrected chi connectivity index (χ0v) is 27.3. The summed E-state index contributed by atoms with van der Waals surface area (Å²) >= 11 is 0. The molecule has 13 heteroatoms. The van der Waals surface area contributed by atoms with Crippen LogP contribution in [0.3, 0.4) is 0 Å². The fourth-order valence-corrected chi connectivity index (χ4v) is 5.81. The Balaban J connectivity index is 1.22. The van der Waals surface area contributed by atoms with Gasteiger partial charge in [-0.1, -0.05) is 25.1 Å². The number of aromatic nitrogens is 2. The molecule has 0 radical (unpaired) electrons. The first-order chi connectivity index (χ1) is 22.0. The third kappa shape index (κ3) is 10.6. The Bertz CT molecular complexity index is 1560. The van der Waals surface area contributed by atoms with Crippen LogP contribution in [0.2, 0.25) is 0 Å². The van der Waals surface area contributed by atoms with Crippen LogP contribution in [0.25, 0.3) is 17.0 Å². The molecule has 2 atom stereocenters. The molecule has 12 nitrogen and oxygen atoms in total. The molecule has 4 rings (SSSR count). The van der Waals surface area contributed by atoms with Crippen molar-refractivity contribution in [1.29, 1.82) is 0 Å². The van der Waals surface area contributed by atoms with E-state index < -0.39 is 13.6 Å². The number of pyridine rings is 2. The second-order valence-electron chi connectivity index (χ2n) is 11.4. The fraction of sp³-hybridized carbons (Fsp3) is 0.485. The number of carboxylic acids is 1. The third-order valence-corrected chi connectivity index (χ3v) is 8.80. The summed E-state index contributed by atoms with van der Waals surface area (Å²) in [5.74, 6) is 0.535. The number of anilines is 1. The molecule has 3 aromatic rings. The normalized spacial score (nSPS) is 16.1. The Labute approximate surface area is 269 Å². The highest BCUT2D eigenvalue weighted by molar-refractivity contribution is 7.51. The average Bonchev–Trinajstić information content (AvgIpc) is 3.00. The lowest BCUT2D eigenvalue weighted by Gasteiger charge is -2.27. The van der Waals surface area contributed by atoms with E-state index in [2.05, 4.69) is 42.0 Å². The second kappa shape index (κ2) is 17.0. The third-order valence-electron chi connectivity index (χ3n) is 8.03. The highest BCUT2D eigenvalue weighted by Gasteiger charge is 2.27. The Kier molecular flexibility index (Phi) is 13.1. The van der Waals surface area contributed by atoms with E-state index in [1.54, 1.807) is 0 Å². The van der Waals surface area contributed by atoms with E-state index in [0.29, 0.717) is 50.8 Å². The van der Waals surface area contributed by atoms with Gasteiger partial charge in [0.05, 0.1) is 51.5 Å². The monoisotopic (exact) mass is 657 g/mol. The molecule has 0 saturated heterocycles. The van der Waals surface area contributed by atoms with Crippen molar-refractivity contribution in [2.75, 3.05) is 58.1 Å². The molecule has 0 amide bonds. The van der Waals surface area contributed by atoms with E-state index in [-0.39, 0.29) is 37.6 Å². The molecule has 0 saturated carbocycles. The summed E-state index contributed by atoms with van der Waals surface area (Å²) in [7, 11) is -4.02. The topological polar surface area (TPSA) is 184 Å². The van der Waals surface area contributed by atoms with Gasteiger partial charge >= 0.3 is 13.6 Å². The lowest BCUT2D eigenvalue weighted by Crippen LogP contribution is -2.17. The van der Waals surface area contributed by atoms with Gasteiger partial charge in [0.25, 0.3) is 0 Å². The van der Waals surface area contributed by atoms with Gasteiger partial charge in [-0.3, -0.25) is 14.3 Å². The molecule has 1 aromatic carbocycles. The maximum absolute atomic E-state index is 11.1. The summed E-state index contributed by atoms with van der Waals surface area (Å²) in [6.45, 7) is 6.35. The number of benzene rings is 1. The number of carboxylic acid groups (broad SMARTS) is 1. The van der Waals surface area contributed by atoms with Crippen LogP contribution >= 0.6 is 7.60 Å². The molecule has 0 bridgehead atoms. The maximum Gasteiger partial charge on any atom is 0.327 e. The molecule has 5 N–H and O–H groups in total. The van der Waals surface area contributed by atoms with Gasteiger partial charge in [0.2, 0.25) is 0 Å². The lowest BCUT2D eigenvalue weighted by molar-refractivity contribution is -0.137. The van der Waals surface area contributed by atoms with E-state index in [4.69, 9.17) is 39.6 Å². The van der Waals surface area contributed by atoms with Gasteiger partial charge in [0.15, 0.2) is 0 Å². The number of aliphatic carboxylic acids is 1. The van der Waals surface area contributed by atoms with Gasteiger partial charge in [-0.25, -0.2) is 4.98 Å². The minimum Gasteiger partial charge on any atom is -0.491 e. The first kappa shape index (κ1) is 35.5. The van der Waals surface area contributed by atoms with Crippen molar-refractivity contribution in [3.63, 3.8) is 0 Å². The average molecular weight is 658 g/mol. The molecule has 2 aromatic heterocycles. The number of nitrogen functional groups attached to an aromatic ring is 1. The quantitative estimate of drug-likeness (QED) is 0.105. The Hall–Kier alpha value is -3.38. The van der Waals surface area contributed by atoms with Crippen molar-refractivity contribution in [2.24, 2.45) is 5.92 Å². The predicted molar refractivity (Wildman–Crippen MR) is 175 cm³/mol. The molecule has 2 unspecified atom stereocenters. The molecule has 0 aliphatic heterocycles. The molecule has 2 heterocycles. The summed E-state index contributed by atoms with van der Waals surface area (Å²) in [6.07, 6.45) is 8.02. The van der Waals surface area contributed by atoms with Crippen LogP contribution < -0.4 is 10.5 Å². The molecule has 1 aliphatic rings. The molecule has 250 valence electrons. The van der Waals surface area contributed by atoms with Gasteiger partial charge in [-0.2, -0.15) is 0 Å². The van der Waals surface area contributed by atoms with Crippen molar-refractivity contribution in [3.8, 4) is 5.75 Å². The Morgan fingerprint density at radius 2 is 1.70 bits per heavy atom. The number of aryl methyl sites for hydroxylation is 3. The van der Waals surface area contributed by atoms with Crippen molar-refractivity contribution >= 4 is 36.4 Å². The van der Waals surface area contributed by atoms with Crippen molar-refractivity contribution < 1.29 is 43.2 Å². The standard InChI is InChI=1S/C33H44N3O9P/c1-22-19-27(45-16-15-43-12-11-42-13-14-44-17-18-46(39,40)41)8-5-25(22)4-3-24-20-29-28-9-6-26(7-10-30(37)38)23(2)31(28)36-33(34)32(29)35-21-24/h5-6,8-9,19-21,23,26H,3-4,7,10-18H2,1-2H3,(H2,34,36)(H,37,38)(H2,39,40,41). The molecule has 46 heavy (non-hydrogen) atoms. The van der Waals surface area contributed by atoms with Crippen LogP contribution in [0, 0.1) is 12.8 Å². The number of fused-ring (bicyclic) bond motifs is 3. The van der Waals surface area contributed by atoms with E-state index in [1.807, 2.05) is 24.4 Å². The summed E-state index contributed by atoms with van der Waals surface area (Å²) in [4.78, 5) is 38.0. The largest absolute Gasteiger partial charge is 0.491 e. The van der Waals surface area contributed by atoms with Crippen LogP contribution in [0.4, 0.5) is 5.82 Å². The number of ether oxygens (including phenoxy) is 4. The van der Waals surface area contributed by atoms with Gasteiger partial charge < -0.3 is 39.6 Å². The zero-order valence-electron chi connectivity index (χ0n) is 26.4. The number of nitrogens with two attached hydrogens (primary N) is 1. The highest BCUT2D eigenvalue weighted by atomic mass is 31.2. The first-order valence-corrected chi connectivity index (χ1v) is 17.3. The minimum atomic E-state index is -4.02. The van der Waals surface area contributed by atoms with Crippen LogP contribution in [0.5, 0.6) is 5.75 Å². The second-order valence-corrected chi connectivity index (χ2v) is 13.2. The van der Waals surface area contributed by atoms with Gasteiger partial charge in [-0.05, 0) is 67.0 Å². The van der Waals surface area contributed by atoms with E-state index in [9.17, 15) is 9.36 Å². The van der Waals surface area contributed by atoms with Crippen LogP contribution in [0.1, 0.15) is 53.6 Å². The van der Waals surface area contributed by atoms with Gasteiger partial charge in [-0.15, -0.1) is 0 Å². The molecule has 0 spiro atoms. The van der Waals surface area contributed by atoms with E-state index in [0.717, 1.165) is 46.4 Å². The molecular formula is C33H44N3O9P. The number of hydrogen-bond acceptors (Lipinski definition) is 9. The fourth-order valence-electron chi connectivity index (χ4n) is 5.44. The van der Waals surface area contributed by atoms with Crippen molar-refractivity contribution in [2.45, 2.75) is 45.4 Å². The minimum absolute atomic E-state index is 0.00199. The summed E-state index contributed by atoms with van der Waals surface area (Å²) in [6, 6.07) is 8.22. The predicted octanol–water partition coefficient (Wildman–Crippen LogP) is 4.52. The SMILES string of the molecule is Cc1cc(OCCOCCOCCOCCP(=O)(O)O)ccc1CCc1cnc2c(N)nc3c(c2c1)C=CC(CCC(=O)O)C3C. The molecule has 1 aliphatic carbocycles. The first-order valence-electron chi connectivity index (χ1n) is 15.5. The smallest absolute Gasteiger partial charge is 0.327 e. The van der Waals surface area contributed by atoms with Crippen molar-refractivity contribution in [1.82, 2.24) is 9.97 Å². The summed E-state index contributed by atoms with van der Waals surface area (Å²) in [5.41, 5.74) is 12.4. The van der Waals surface area contributed by atoms with Crippen LogP contribution in [-0.2, 0) is 36.4 Å². The molecular weight excluding hydrogens is 613 g/mol. The number of carbonyl (C=O) groups is 1. The van der Waals surface area contributed by atoms with Crippen molar-refractivity contribution in [3.05, 3.63) is 64.5 Å². The molecule has 0 fully saturated rings. The number of hydrogen-bond donors (Lipinski definition) is 4. The van der Waals surface area contributed by atoms with Gasteiger partial charge in [0.1, 0.15) is 23.7 Å². The Morgan fingerprint density at radius 1 is 1.00 bits per heavy atom. The van der Waals surface area contributed by atoms with Crippen LogP contribution in [-0.4, -0.2) is 83.2 Å². The number of rotatable bonds is 19. The van der Waals surface area contributed by atoms with Crippen LogP contribution in [0.15, 0.2) is 36.5 Å². The zero-order chi connectivity index (χ0) is 33.1. The van der Waals surface area contributed by atoms with Gasteiger partial charge in [0, 0.05) is 29.5 Å². The maximum atomic E-state index is 11.1. The highest BCUT2D eigenvalue weighted by Crippen LogP contribution is 2.39. The number of nitrogens with zero attached hydrogens (tertiary/aromatic N) is 2.